The molecule has 1 heterocycles. The molecule has 12 heavy (non-hydrogen) atoms. The molecule has 4 heteroatoms. The van der Waals surface area contributed by atoms with E-state index in [0.29, 0.717) is 0 Å². The van der Waals surface area contributed by atoms with Gasteiger partial charge >= 0.3 is 0 Å². The van der Waals surface area contributed by atoms with E-state index < -0.39 is 4.95 Å². The lowest BCUT2D eigenvalue weighted by Crippen LogP contribution is -2.26. The lowest BCUT2D eigenvalue weighted by atomic mass is 9.94. The number of ketones is 1. The van der Waals surface area contributed by atoms with Crippen LogP contribution in [0.15, 0.2) is 34.2 Å². The molecule has 1 aliphatic heterocycles. The lowest BCUT2D eigenvalue weighted by molar-refractivity contribution is -0.120. The van der Waals surface area contributed by atoms with E-state index in [4.69, 9.17) is 0 Å². The number of hydrogen-bond acceptors (Lipinski definition) is 3. The summed E-state index contributed by atoms with van der Waals surface area (Å²) in [5.74, 6) is -0.0900. The number of carbonyl (C=O) groups excluding carboxylic acids is 1. The minimum atomic E-state index is -0.456. The molecule has 0 amide bonds. The van der Waals surface area contributed by atoms with Crippen LogP contribution in [0.25, 0.3) is 0 Å². The molecule has 0 aromatic rings. The van der Waals surface area contributed by atoms with Crippen LogP contribution in [0.3, 0.4) is 0 Å². The highest BCUT2D eigenvalue weighted by Crippen LogP contribution is 2.29. The highest BCUT2D eigenvalue weighted by molar-refractivity contribution is 9.10. The molecule has 2 aliphatic rings. The van der Waals surface area contributed by atoms with E-state index in [0.717, 1.165) is 12.1 Å². The first-order valence-electron chi connectivity index (χ1n) is 3.74. The zero-order valence-corrected chi connectivity index (χ0v) is 7.86. The van der Waals surface area contributed by atoms with Crippen molar-refractivity contribution in [3.05, 3.63) is 23.9 Å². The van der Waals surface area contributed by atoms with Crippen LogP contribution in [-0.4, -0.2) is 10.7 Å². The van der Waals surface area contributed by atoms with Crippen LogP contribution in [0, 0.1) is 5.92 Å². The Kier molecular flexibility index (Phi) is 1.92. The average molecular weight is 227 g/mol. The van der Waals surface area contributed by atoms with Gasteiger partial charge in [-0.3, -0.25) is 4.79 Å². The van der Waals surface area contributed by atoms with Gasteiger partial charge in [0.05, 0.1) is 11.6 Å². The summed E-state index contributed by atoms with van der Waals surface area (Å²) in [6.07, 6.45) is 6.66. The summed E-state index contributed by atoms with van der Waals surface area (Å²) in [7, 11) is 0. The number of carbonyl (C=O) groups is 1. The smallest absolute Gasteiger partial charge is 0.185 e. The Labute approximate surface area is 78.4 Å². The number of rotatable bonds is 0. The maximum atomic E-state index is 11.5. The zero-order valence-electron chi connectivity index (χ0n) is 6.27. The molecule has 3 nitrogen and oxygen atoms in total. The van der Waals surface area contributed by atoms with Crippen LogP contribution >= 0.6 is 15.9 Å². The predicted octanol–water partition coefficient (Wildman–Crippen LogP) is 2.20. The Bertz CT molecular complexity index is 306. The Morgan fingerprint density at radius 1 is 1.58 bits per heavy atom. The van der Waals surface area contributed by atoms with E-state index in [1.165, 1.54) is 0 Å². The minimum Gasteiger partial charge on any atom is -0.295 e. The summed E-state index contributed by atoms with van der Waals surface area (Å²) >= 11 is 3.14. The van der Waals surface area contributed by atoms with Crippen molar-refractivity contribution in [2.45, 2.75) is 11.4 Å². The molecule has 0 saturated heterocycles. The summed E-state index contributed by atoms with van der Waals surface area (Å²) in [5, 5.41) is 7.74. The molecule has 2 atom stereocenters. The number of hydrogen-bond donors (Lipinski definition) is 0. The first-order valence-corrected chi connectivity index (χ1v) is 4.66. The van der Waals surface area contributed by atoms with Gasteiger partial charge in [0.1, 0.15) is 0 Å². The summed E-state index contributed by atoms with van der Waals surface area (Å²) in [5.41, 5.74) is 0.790. The van der Waals surface area contributed by atoms with E-state index in [-0.39, 0.29) is 11.7 Å². The third-order valence-electron chi connectivity index (χ3n) is 1.93. The van der Waals surface area contributed by atoms with Crippen molar-refractivity contribution < 1.29 is 4.79 Å². The predicted molar refractivity (Wildman–Crippen MR) is 47.9 cm³/mol. The number of allylic oxidation sites excluding steroid dienone is 3. The number of Topliss-reactive ketones (excluding diaryl/α,β-unsaturated/α-hetero) is 1. The Morgan fingerprint density at radius 2 is 2.42 bits per heavy atom. The monoisotopic (exact) mass is 226 g/mol. The largest absolute Gasteiger partial charge is 0.295 e. The van der Waals surface area contributed by atoms with Gasteiger partial charge < -0.3 is 0 Å². The summed E-state index contributed by atoms with van der Waals surface area (Å²) in [6.45, 7) is 0. The van der Waals surface area contributed by atoms with Gasteiger partial charge in [0.2, 0.25) is 0 Å². The summed E-state index contributed by atoms with van der Waals surface area (Å²) in [4.78, 5) is 11.0. The van der Waals surface area contributed by atoms with Gasteiger partial charge in [0.25, 0.3) is 0 Å². The highest BCUT2D eigenvalue weighted by Gasteiger charge is 2.30. The van der Waals surface area contributed by atoms with Crippen molar-refractivity contribution in [3.63, 3.8) is 0 Å². The van der Waals surface area contributed by atoms with Crippen LogP contribution < -0.4 is 0 Å². The third kappa shape index (κ3) is 1.16. The first kappa shape index (κ1) is 7.86. The molecule has 0 spiro atoms. The molecule has 0 fully saturated rings. The second-order valence-electron chi connectivity index (χ2n) is 2.72. The molecular weight excluding hydrogens is 220 g/mol. The van der Waals surface area contributed by atoms with Crippen molar-refractivity contribution >= 4 is 21.7 Å². The third-order valence-corrected chi connectivity index (χ3v) is 2.56. The fraction of sp³-hybridized carbons (Fsp3) is 0.375. The molecule has 0 aromatic carbocycles. The van der Waals surface area contributed by atoms with Gasteiger partial charge in [-0.1, -0.05) is 34.2 Å². The second kappa shape index (κ2) is 2.94. The van der Waals surface area contributed by atoms with Gasteiger partial charge in [-0.2, -0.15) is 10.2 Å². The molecule has 2 unspecified atom stereocenters. The van der Waals surface area contributed by atoms with Crippen LogP contribution in [-0.2, 0) is 4.79 Å². The van der Waals surface area contributed by atoms with Crippen LogP contribution in [0.1, 0.15) is 6.42 Å². The van der Waals surface area contributed by atoms with Gasteiger partial charge in [0.15, 0.2) is 10.7 Å². The highest BCUT2D eigenvalue weighted by atomic mass is 79.9. The molecule has 0 radical (unpaired) electrons. The maximum absolute atomic E-state index is 11.5. The van der Waals surface area contributed by atoms with Gasteiger partial charge in [-0.05, 0) is 6.42 Å². The molecule has 0 saturated carbocycles. The molecule has 1 aliphatic carbocycles. The quantitative estimate of drug-likeness (QED) is 0.355. The fourth-order valence-corrected chi connectivity index (χ4v) is 1.67. The van der Waals surface area contributed by atoms with Gasteiger partial charge in [-0.25, -0.2) is 0 Å². The Balaban J connectivity index is 2.38. The van der Waals surface area contributed by atoms with Crippen molar-refractivity contribution in [1.82, 2.24) is 0 Å². The Hall–Kier alpha value is -0.770. The second-order valence-corrected chi connectivity index (χ2v) is 3.59. The number of fused-ring (bicyclic) bond motifs is 1. The minimum absolute atomic E-state index is 0.0761. The molecule has 62 valence electrons. The van der Waals surface area contributed by atoms with Crippen LogP contribution in [0.4, 0.5) is 0 Å². The lowest BCUT2D eigenvalue weighted by Gasteiger charge is -2.19. The fourth-order valence-electron chi connectivity index (χ4n) is 1.30. The van der Waals surface area contributed by atoms with Crippen molar-refractivity contribution in [3.8, 4) is 0 Å². The van der Waals surface area contributed by atoms with E-state index in [9.17, 15) is 4.79 Å². The van der Waals surface area contributed by atoms with E-state index in [2.05, 4.69) is 26.2 Å². The number of halogens is 1. The normalized spacial score (nSPS) is 33.1. The van der Waals surface area contributed by atoms with Crippen molar-refractivity contribution in [2.24, 2.45) is 16.1 Å². The van der Waals surface area contributed by atoms with Crippen LogP contribution in [0.5, 0.6) is 0 Å². The molecule has 0 bridgehead atoms. The topological polar surface area (TPSA) is 41.8 Å². The molecular formula is C8H7BrN2O. The Morgan fingerprint density at radius 3 is 3.25 bits per heavy atom. The van der Waals surface area contributed by atoms with E-state index in [1.54, 1.807) is 0 Å². The van der Waals surface area contributed by atoms with Gasteiger partial charge in [0, 0.05) is 0 Å². The van der Waals surface area contributed by atoms with Crippen LogP contribution in [0.2, 0.25) is 0 Å². The molecule has 0 N–H and O–H groups in total. The molecule has 0 aromatic heterocycles. The summed E-state index contributed by atoms with van der Waals surface area (Å²) < 4.78 is 0. The maximum Gasteiger partial charge on any atom is 0.185 e. The van der Waals surface area contributed by atoms with Crippen molar-refractivity contribution in [1.29, 1.82) is 0 Å². The standard InChI is InChI=1S/C8H7BrN2O/c9-8-7(12)5-3-1-2-4-6(5)10-11-8/h1,3-5,8H,2H2. The number of alkyl halides is 1. The number of nitrogens with zero attached hydrogens (tertiary/aromatic N) is 2. The number of azo groups is 1. The van der Waals surface area contributed by atoms with Crippen molar-refractivity contribution in [2.75, 3.05) is 0 Å². The summed E-state index contributed by atoms with van der Waals surface area (Å²) in [6, 6.07) is 0. The van der Waals surface area contributed by atoms with E-state index in [1.807, 2.05) is 18.2 Å². The average Bonchev–Trinajstić information content (AvgIpc) is 2.12. The van der Waals surface area contributed by atoms with E-state index >= 15 is 0 Å². The zero-order chi connectivity index (χ0) is 8.55. The molecule has 2 rings (SSSR count). The van der Waals surface area contributed by atoms with Gasteiger partial charge in [-0.15, -0.1) is 0 Å². The first-order chi connectivity index (χ1) is 5.79. The SMILES string of the molecule is O=C1C(Br)N=NC2=CCC=CC12.